The molecule has 0 saturated heterocycles. The van der Waals surface area contributed by atoms with E-state index in [0.717, 1.165) is 47.9 Å². The third-order valence-corrected chi connectivity index (χ3v) is 3.37. The zero-order chi connectivity index (χ0) is 14.5. The largest absolute Gasteiger partial charge is 0.496 e. The van der Waals surface area contributed by atoms with Crippen molar-refractivity contribution < 1.29 is 4.74 Å². The topological polar surface area (TPSA) is 64.9 Å². The summed E-state index contributed by atoms with van der Waals surface area (Å²) in [6.07, 6.45) is 4.41. The molecule has 20 heavy (non-hydrogen) atoms. The van der Waals surface area contributed by atoms with Gasteiger partial charge in [-0.3, -0.25) is 4.98 Å². The lowest BCUT2D eigenvalue weighted by atomic mass is 10.1. The lowest BCUT2D eigenvalue weighted by molar-refractivity contribution is 0.406. The normalized spacial score (nSPS) is 10.8. The summed E-state index contributed by atoms with van der Waals surface area (Å²) in [7, 11) is 3.65. The molecular weight excluding hydrogens is 254 g/mol. The summed E-state index contributed by atoms with van der Waals surface area (Å²) in [4.78, 5) is 4.46. The van der Waals surface area contributed by atoms with Crippen LogP contribution in [0.5, 0.6) is 5.75 Å². The number of aromatic nitrogens is 4. The van der Waals surface area contributed by atoms with E-state index in [9.17, 15) is 0 Å². The predicted octanol–water partition coefficient (Wildman–Crippen LogP) is 1.17. The van der Waals surface area contributed by atoms with Crippen LogP contribution < -0.4 is 10.1 Å². The number of hydrogen-bond donors (Lipinski definition) is 1. The van der Waals surface area contributed by atoms with Gasteiger partial charge in [-0.15, -0.1) is 10.2 Å². The Balaban J connectivity index is 1.90. The number of hydrogen-bond acceptors (Lipinski definition) is 5. The van der Waals surface area contributed by atoms with Crippen LogP contribution in [-0.2, 0) is 20.0 Å². The summed E-state index contributed by atoms with van der Waals surface area (Å²) in [6.45, 7) is 5.60. The highest BCUT2D eigenvalue weighted by Gasteiger charge is 2.09. The van der Waals surface area contributed by atoms with Crippen molar-refractivity contribution in [2.75, 3.05) is 13.7 Å². The van der Waals surface area contributed by atoms with Crippen LogP contribution in [0.1, 0.15) is 22.6 Å². The Morgan fingerprint density at radius 3 is 2.80 bits per heavy atom. The quantitative estimate of drug-likeness (QED) is 0.802. The van der Waals surface area contributed by atoms with Gasteiger partial charge in [0.25, 0.3) is 0 Å². The van der Waals surface area contributed by atoms with E-state index in [4.69, 9.17) is 4.74 Å². The molecule has 0 bridgehead atoms. The number of rotatable bonds is 6. The van der Waals surface area contributed by atoms with Crippen molar-refractivity contribution in [3.05, 3.63) is 35.2 Å². The van der Waals surface area contributed by atoms with Crippen LogP contribution in [0.4, 0.5) is 0 Å². The van der Waals surface area contributed by atoms with E-state index in [1.165, 1.54) is 0 Å². The van der Waals surface area contributed by atoms with Crippen molar-refractivity contribution in [3.8, 4) is 5.75 Å². The number of methoxy groups -OCH3 is 1. The second-order valence-electron chi connectivity index (χ2n) is 4.83. The van der Waals surface area contributed by atoms with Crippen molar-refractivity contribution in [3.63, 3.8) is 0 Å². The minimum atomic E-state index is 0.723. The minimum absolute atomic E-state index is 0.723. The second-order valence-corrected chi connectivity index (χ2v) is 4.83. The van der Waals surface area contributed by atoms with Gasteiger partial charge in [-0.05, 0) is 13.8 Å². The summed E-state index contributed by atoms with van der Waals surface area (Å²) < 4.78 is 7.34. The van der Waals surface area contributed by atoms with Gasteiger partial charge in [-0.2, -0.15) is 0 Å². The van der Waals surface area contributed by atoms with E-state index in [2.05, 4.69) is 20.5 Å². The molecule has 0 aliphatic rings. The zero-order valence-electron chi connectivity index (χ0n) is 12.5. The van der Waals surface area contributed by atoms with Gasteiger partial charge in [0.15, 0.2) is 0 Å². The number of aryl methyl sites for hydroxylation is 2. The third kappa shape index (κ3) is 3.14. The van der Waals surface area contributed by atoms with Gasteiger partial charge in [0, 0.05) is 43.9 Å². The summed E-state index contributed by atoms with van der Waals surface area (Å²) >= 11 is 0. The fraction of sp³-hybridized carbons (Fsp3) is 0.500. The SMILES string of the molecule is COc1c(C)cnc(CNCCc2nncn2C)c1C. The van der Waals surface area contributed by atoms with Crippen LogP contribution in [0.15, 0.2) is 12.5 Å². The number of pyridine rings is 1. The zero-order valence-corrected chi connectivity index (χ0v) is 12.5. The first-order valence-electron chi connectivity index (χ1n) is 6.66. The highest BCUT2D eigenvalue weighted by atomic mass is 16.5. The average Bonchev–Trinajstić information content (AvgIpc) is 2.83. The molecule has 6 heteroatoms. The first kappa shape index (κ1) is 14.5. The Morgan fingerprint density at radius 2 is 2.15 bits per heavy atom. The monoisotopic (exact) mass is 275 g/mol. The summed E-state index contributed by atoms with van der Waals surface area (Å²) in [5.74, 6) is 1.90. The van der Waals surface area contributed by atoms with Gasteiger partial charge >= 0.3 is 0 Å². The average molecular weight is 275 g/mol. The van der Waals surface area contributed by atoms with Crippen LogP contribution in [0, 0.1) is 13.8 Å². The molecule has 2 aromatic heterocycles. The smallest absolute Gasteiger partial charge is 0.133 e. The molecule has 2 rings (SSSR count). The van der Waals surface area contributed by atoms with Gasteiger partial charge < -0.3 is 14.6 Å². The Bertz CT molecular complexity index is 579. The van der Waals surface area contributed by atoms with E-state index < -0.39 is 0 Å². The molecule has 2 aromatic rings. The number of ether oxygens (including phenoxy) is 1. The van der Waals surface area contributed by atoms with Crippen molar-refractivity contribution in [2.45, 2.75) is 26.8 Å². The summed E-state index contributed by atoms with van der Waals surface area (Å²) in [5, 5.41) is 11.3. The van der Waals surface area contributed by atoms with E-state index in [1.54, 1.807) is 13.4 Å². The second kappa shape index (κ2) is 6.47. The van der Waals surface area contributed by atoms with Crippen LogP contribution in [0.25, 0.3) is 0 Å². The maximum absolute atomic E-state index is 5.41. The molecule has 0 aromatic carbocycles. The number of nitrogens with one attached hydrogen (secondary N) is 1. The van der Waals surface area contributed by atoms with Gasteiger partial charge in [0.1, 0.15) is 17.9 Å². The molecule has 108 valence electrons. The lowest BCUT2D eigenvalue weighted by Crippen LogP contribution is -2.19. The molecule has 0 fully saturated rings. The molecule has 2 heterocycles. The minimum Gasteiger partial charge on any atom is -0.496 e. The molecule has 0 unspecified atom stereocenters. The van der Waals surface area contributed by atoms with E-state index >= 15 is 0 Å². The Labute approximate surface area is 119 Å². The molecule has 0 amide bonds. The highest BCUT2D eigenvalue weighted by Crippen LogP contribution is 2.23. The molecule has 0 saturated carbocycles. The van der Waals surface area contributed by atoms with Crippen molar-refractivity contribution in [1.82, 2.24) is 25.1 Å². The van der Waals surface area contributed by atoms with Gasteiger partial charge in [-0.25, -0.2) is 0 Å². The molecule has 0 radical (unpaired) electrons. The van der Waals surface area contributed by atoms with Gasteiger partial charge in [0.05, 0.1) is 12.8 Å². The number of nitrogens with zero attached hydrogens (tertiary/aromatic N) is 4. The fourth-order valence-corrected chi connectivity index (χ4v) is 2.19. The van der Waals surface area contributed by atoms with E-state index in [1.807, 2.05) is 31.7 Å². The van der Waals surface area contributed by atoms with Crippen LogP contribution >= 0.6 is 0 Å². The Kier molecular flexibility index (Phi) is 4.68. The van der Waals surface area contributed by atoms with Crippen LogP contribution in [-0.4, -0.2) is 33.4 Å². The highest BCUT2D eigenvalue weighted by molar-refractivity contribution is 5.40. The van der Waals surface area contributed by atoms with Crippen molar-refractivity contribution >= 4 is 0 Å². The van der Waals surface area contributed by atoms with Crippen molar-refractivity contribution in [1.29, 1.82) is 0 Å². The predicted molar refractivity (Wildman–Crippen MR) is 76.7 cm³/mol. The van der Waals surface area contributed by atoms with Gasteiger partial charge in [0.2, 0.25) is 0 Å². The molecule has 1 N–H and O–H groups in total. The maximum Gasteiger partial charge on any atom is 0.133 e. The first-order valence-corrected chi connectivity index (χ1v) is 6.66. The molecule has 0 aliphatic carbocycles. The fourth-order valence-electron chi connectivity index (χ4n) is 2.19. The molecule has 0 spiro atoms. The van der Waals surface area contributed by atoms with Crippen LogP contribution in [0.3, 0.4) is 0 Å². The Morgan fingerprint density at radius 1 is 1.35 bits per heavy atom. The third-order valence-electron chi connectivity index (χ3n) is 3.37. The molecule has 6 nitrogen and oxygen atoms in total. The summed E-state index contributed by atoms with van der Waals surface area (Å²) in [5.41, 5.74) is 3.18. The first-order chi connectivity index (χ1) is 9.63. The van der Waals surface area contributed by atoms with E-state index in [-0.39, 0.29) is 0 Å². The standard InChI is InChI=1S/C14H21N5O/c1-10-7-16-12(11(2)14(10)20-4)8-15-6-5-13-18-17-9-19(13)3/h7,9,15H,5-6,8H2,1-4H3. The van der Waals surface area contributed by atoms with Crippen LogP contribution in [0.2, 0.25) is 0 Å². The van der Waals surface area contributed by atoms with Crippen molar-refractivity contribution in [2.24, 2.45) is 7.05 Å². The molecular formula is C14H21N5O. The summed E-state index contributed by atoms with van der Waals surface area (Å²) in [6, 6.07) is 0. The van der Waals surface area contributed by atoms with E-state index in [0.29, 0.717) is 0 Å². The molecule has 0 aliphatic heterocycles. The lowest BCUT2D eigenvalue weighted by Gasteiger charge is -2.12. The maximum atomic E-state index is 5.41. The Hall–Kier alpha value is -1.95. The molecule has 0 atom stereocenters. The van der Waals surface area contributed by atoms with Gasteiger partial charge in [-0.1, -0.05) is 0 Å².